The van der Waals surface area contributed by atoms with Gasteiger partial charge in [0.25, 0.3) is 0 Å². The Hall–Kier alpha value is -4.53. The van der Waals surface area contributed by atoms with Crippen LogP contribution in [0.2, 0.25) is 0 Å². The fourth-order valence-electron chi connectivity index (χ4n) is 5.72. The van der Waals surface area contributed by atoms with Crippen LogP contribution in [0.5, 0.6) is 0 Å². The number of para-hydroxylation sites is 1. The zero-order chi connectivity index (χ0) is 24.3. The first kappa shape index (κ1) is 20.6. The number of rotatable bonds is 2. The first-order chi connectivity index (χ1) is 18.3. The third-order valence-electron chi connectivity index (χ3n) is 7.42. The molecule has 0 aliphatic rings. The van der Waals surface area contributed by atoms with Crippen molar-refractivity contribution in [3.63, 3.8) is 0 Å². The molecule has 1 nitrogen and oxygen atoms in total. The van der Waals surface area contributed by atoms with Crippen LogP contribution in [-0.2, 0) is 0 Å². The van der Waals surface area contributed by atoms with Crippen LogP contribution in [0, 0.1) is 0 Å². The van der Waals surface area contributed by atoms with Crippen molar-refractivity contribution in [3.05, 3.63) is 127 Å². The number of thiophene rings is 1. The Balaban J connectivity index is 1.62. The number of aromatic nitrogens is 1. The van der Waals surface area contributed by atoms with Crippen LogP contribution in [0.15, 0.2) is 127 Å². The second-order valence-corrected chi connectivity index (χ2v) is 10.6. The summed E-state index contributed by atoms with van der Waals surface area (Å²) < 4.78 is 2.65. The van der Waals surface area contributed by atoms with Crippen molar-refractivity contribution in [3.8, 4) is 22.4 Å². The van der Waals surface area contributed by atoms with Gasteiger partial charge in [0, 0.05) is 47.5 Å². The first-order valence-electron chi connectivity index (χ1n) is 12.6. The Bertz CT molecular complexity index is 2140. The van der Waals surface area contributed by atoms with Gasteiger partial charge in [0.1, 0.15) is 0 Å². The fourth-order valence-corrected chi connectivity index (χ4v) is 6.96. The summed E-state index contributed by atoms with van der Waals surface area (Å²) in [5.41, 5.74) is 5.71. The zero-order valence-electron chi connectivity index (χ0n) is 20.0. The Labute approximate surface area is 218 Å². The molecule has 0 N–H and O–H groups in total. The Morgan fingerprint density at radius 2 is 1.22 bits per heavy atom. The summed E-state index contributed by atoms with van der Waals surface area (Å²) in [6.45, 7) is 0. The van der Waals surface area contributed by atoms with Gasteiger partial charge in [-0.3, -0.25) is 0 Å². The number of pyridine rings is 1. The highest BCUT2D eigenvalue weighted by Crippen LogP contribution is 2.47. The monoisotopic (exact) mass is 487 g/mol. The molecule has 37 heavy (non-hydrogen) atoms. The maximum absolute atomic E-state index is 5.23. The predicted molar refractivity (Wildman–Crippen MR) is 161 cm³/mol. The molecule has 0 saturated carbocycles. The largest absolute Gasteiger partial charge is 0.247 e. The van der Waals surface area contributed by atoms with E-state index in [1.54, 1.807) is 0 Å². The molecular formula is C35H21NS. The minimum Gasteiger partial charge on any atom is -0.247 e. The topological polar surface area (TPSA) is 12.9 Å². The number of nitrogens with zero attached hydrogens (tertiary/aromatic N) is 1. The van der Waals surface area contributed by atoms with Crippen LogP contribution in [0.1, 0.15) is 0 Å². The van der Waals surface area contributed by atoms with Crippen LogP contribution < -0.4 is 0 Å². The molecule has 0 saturated heterocycles. The van der Waals surface area contributed by atoms with Crippen molar-refractivity contribution in [1.82, 2.24) is 4.98 Å². The lowest BCUT2D eigenvalue weighted by Gasteiger charge is -2.15. The lowest BCUT2D eigenvalue weighted by atomic mass is 9.91. The lowest BCUT2D eigenvalue weighted by Crippen LogP contribution is -1.92. The summed E-state index contributed by atoms with van der Waals surface area (Å²) in [7, 11) is 0. The molecular weight excluding hydrogens is 466 g/mol. The Kier molecular flexibility index (Phi) is 4.46. The molecule has 0 unspecified atom stereocenters. The number of benzene rings is 6. The summed E-state index contributed by atoms with van der Waals surface area (Å²) in [5.74, 6) is 0. The van der Waals surface area contributed by atoms with E-state index in [1.807, 2.05) is 11.3 Å². The maximum Gasteiger partial charge on any atom is 0.0788 e. The quantitative estimate of drug-likeness (QED) is 0.221. The maximum atomic E-state index is 5.23. The number of hydrogen-bond donors (Lipinski definition) is 0. The van der Waals surface area contributed by atoms with Crippen LogP contribution in [0.25, 0.3) is 75.0 Å². The summed E-state index contributed by atoms with van der Waals surface area (Å²) >= 11 is 1.89. The van der Waals surface area contributed by atoms with Crippen molar-refractivity contribution in [2.45, 2.75) is 0 Å². The highest BCUT2D eigenvalue weighted by molar-refractivity contribution is 7.26. The van der Waals surface area contributed by atoms with Gasteiger partial charge in [-0.1, -0.05) is 103 Å². The van der Waals surface area contributed by atoms with E-state index in [9.17, 15) is 0 Å². The molecule has 172 valence electrons. The molecule has 2 aromatic heterocycles. The van der Waals surface area contributed by atoms with Crippen molar-refractivity contribution in [2.75, 3.05) is 0 Å². The van der Waals surface area contributed by atoms with Crippen LogP contribution in [0.4, 0.5) is 0 Å². The molecule has 8 aromatic rings. The van der Waals surface area contributed by atoms with E-state index >= 15 is 0 Å². The van der Waals surface area contributed by atoms with Gasteiger partial charge in [0.15, 0.2) is 0 Å². The number of hydrogen-bond acceptors (Lipinski definition) is 2. The molecule has 0 aliphatic carbocycles. The van der Waals surface area contributed by atoms with E-state index in [-0.39, 0.29) is 0 Å². The standard InChI is InChI=1S/C35H21NS/c1-2-11-23(12-3-1)34-29-21-28(25-19-18-22-10-4-5-13-24(22)20-25)35-33(27-15-7-9-17-31(27)37-35)32(29)26-14-6-8-16-30(26)36-34/h1-21H. The van der Waals surface area contributed by atoms with Crippen molar-refractivity contribution < 1.29 is 0 Å². The lowest BCUT2D eigenvalue weighted by molar-refractivity contribution is 1.43. The highest BCUT2D eigenvalue weighted by atomic mass is 32.1. The van der Waals surface area contributed by atoms with Gasteiger partial charge in [-0.15, -0.1) is 11.3 Å². The molecule has 8 rings (SSSR count). The average molecular weight is 488 g/mol. The summed E-state index contributed by atoms with van der Waals surface area (Å²) in [5, 5.41) is 8.86. The molecule has 0 amide bonds. The van der Waals surface area contributed by atoms with Gasteiger partial charge in [-0.2, -0.15) is 0 Å². The van der Waals surface area contributed by atoms with Crippen LogP contribution >= 0.6 is 11.3 Å². The predicted octanol–water partition coefficient (Wildman–Crippen LogP) is 10.2. The van der Waals surface area contributed by atoms with E-state index in [1.165, 1.54) is 58.2 Å². The second-order valence-electron chi connectivity index (χ2n) is 9.55. The molecule has 2 heteroatoms. The van der Waals surface area contributed by atoms with Crippen molar-refractivity contribution >= 4 is 64.0 Å². The Morgan fingerprint density at radius 3 is 2.11 bits per heavy atom. The highest BCUT2D eigenvalue weighted by Gasteiger charge is 2.20. The minimum absolute atomic E-state index is 1.03. The van der Waals surface area contributed by atoms with E-state index < -0.39 is 0 Å². The summed E-state index contributed by atoms with van der Waals surface area (Å²) in [4.78, 5) is 5.23. The average Bonchev–Trinajstić information content (AvgIpc) is 3.36. The molecule has 0 aliphatic heterocycles. The van der Waals surface area contributed by atoms with Gasteiger partial charge in [-0.25, -0.2) is 4.98 Å². The minimum atomic E-state index is 1.03. The number of fused-ring (bicyclic) bond motifs is 8. The van der Waals surface area contributed by atoms with E-state index in [2.05, 4.69) is 127 Å². The van der Waals surface area contributed by atoms with Gasteiger partial charge in [0.05, 0.1) is 11.2 Å². The van der Waals surface area contributed by atoms with Crippen molar-refractivity contribution in [1.29, 1.82) is 0 Å². The van der Waals surface area contributed by atoms with Gasteiger partial charge in [-0.05, 0) is 40.6 Å². The molecule has 0 atom stereocenters. The molecule has 0 bridgehead atoms. The molecule has 0 radical (unpaired) electrons. The van der Waals surface area contributed by atoms with E-state index in [0.29, 0.717) is 0 Å². The first-order valence-corrected chi connectivity index (χ1v) is 13.4. The normalized spacial score (nSPS) is 11.8. The third kappa shape index (κ3) is 3.13. The van der Waals surface area contributed by atoms with Crippen LogP contribution in [-0.4, -0.2) is 4.98 Å². The Morgan fingerprint density at radius 1 is 0.486 bits per heavy atom. The molecule has 6 aromatic carbocycles. The smallest absolute Gasteiger partial charge is 0.0788 e. The van der Waals surface area contributed by atoms with E-state index in [0.717, 1.165) is 16.8 Å². The van der Waals surface area contributed by atoms with Gasteiger partial charge >= 0.3 is 0 Å². The molecule has 2 heterocycles. The van der Waals surface area contributed by atoms with Crippen molar-refractivity contribution in [2.24, 2.45) is 0 Å². The second kappa shape index (κ2) is 7.99. The fraction of sp³-hybridized carbons (Fsp3) is 0. The van der Waals surface area contributed by atoms with Gasteiger partial charge < -0.3 is 0 Å². The van der Waals surface area contributed by atoms with Gasteiger partial charge in [0.2, 0.25) is 0 Å². The molecule has 0 fully saturated rings. The van der Waals surface area contributed by atoms with E-state index in [4.69, 9.17) is 4.98 Å². The SMILES string of the molecule is c1ccc(-c2nc3ccccc3c3c2cc(-c2ccc4ccccc4c2)c2sc4ccccc4c23)cc1. The summed E-state index contributed by atoms with van der Waals surface area (Å²) in [6, 6.07) is 45.8. The summed E-state index contributed by atoms with van der Waals surface area (Å²) in [6.07, 6.45) is 0. The van der Waals surface area contributed by atoms with Crippen LogP contribution in [0.3, 0.4) is 0 Å². The molecule has 0 spiro atoms. The third-order valence-corrected chi connectivity index (χ3v) is 8.62. The zero-order valence-corrected chi connectivity index (χ0v) is 20.8.